The number of unbranched alkanes of at least 4 members (excludes halogenated alkanes) is 6. The van der Waals surface area contributed by atoms with Crippen LogP contribution in [0.2, 0.25) is 0 Å². The van der Waals surface area contributed by atoms with Gasteiger partial charge >= 0.3 is 0 Å². The fourth-order valence-electron chi connectivity index (χ4n) is 5.17. The Bertz CT molecular complexity index is 289. The number of nitrogens with one attached hydrogen (secondary N) is 1. The van der Waals surface area contributed by atoms with E-state index in [1.165, 1.54) is 116 Å². The van der Waals surface area contributed by atoms with Crippen molar-refractivity contribution in [2.24, 2.45) is 0 Å². The number of hydrogen-bond donors (Lipinski definition) is 1. The molecule has 1 N–H and O–H groups in total. The van der Waals surface area contributed by atoms with E-state index in [0.29, 0.717) is 6.17 Å². The maximum Gasteiger partial charge on any atom is 0.0602 e. The van der Waals surface area contributed by atoms with Crippen LogP contribution < -0.4 is 5.32 Å². The van der Waals surface area contributed by atoms with Gasteiger partial charge in [-0.25, -0.2) is 0 Å². The van der Waals surface area contributed by atoms with Crippen LogP contribution in [0.15, 0.2) is 0 Å². The average Bonchev–Trinajstić information content (AvgIpc) is 3.33. The summed E-state index contributed by atoms with van der Waals surface area (Å²) in [5.41, 5.74) is 0. The highest BCUT2D eigenvalue weighted by Gasteiger charge is 2.34. The number of rotatable bonds is 14. The zero-order valence-electron chi connectivity index (χ0n) is 17.4. The Kier molecular flexibility index (Phi) is 11.2. The van der Waals surface area contributed by atoms with Crippen LogP contribution >= 0.6 is 0 Å². The van der Waals surface area contributed by atoms with Crippen molar-refractivity contribution < 1.29 is 0 Å². The lowest BCUT2D eigenvalue weighted by Gasteiger charge is -2.41. The first-order valence-corrected chi connectivity index (χ1v) is 11.9. The standard InChI is InChI=1S/C23H46N2/c1-3-5-6-7-8-9-10-19-23(24-20-4-2)25(21-15-11-12-16-21)22-17-13-14-18-22/h21-24H,3-20H2,1-2H3. The van der Waals surface area contributed by atoms with Gasteiger partial charge in [-0.1, -0.05) is 84.5 Å². The van der Waals surface area contributed by atoms with E-state index in [9.17, 15) is 0 Å². The van der Waals surface area contributed by atoms with Gasteiger partial charge in [-0.15, -0.1) is 0 Å². The summed E-state index contributed by atoms with van der Waals surface area (Å²) < 4.78 is 0. The van der Waals surface area contributed by atoms with Crippen LogP contribution in [0.1, 0.15) is 123 Å². The Hall–Kier alpha value is -0.0800. The Balaban J connectivity index is 1.83. The topological polar surface area (TPSA) is 15.3 Å². The van der Waals surface area contributed by atoms with Gasteiger partial charge in [-0.05, 0) is 45.1 Å². The summed E-state index contributed by atoms with van der Waals surface area (Å²) in [4.78, 5) is 2.99. The van der Waals surface area contributed by atoms with Gasteiger partial charge in [-0.3, -0.25) is 4.90 Å². The van der Waals surface area contributed by atoms with Gasteiger partial charge in [0.25, 0.3) is 0 Å². The van der Waals surface area contributed by atoms with Crippen LogP contribution in [0, 0.1) is 0 Å². The maximum atomic E-state index is 3.96. The van der Waals surface area contributed by atoms with Gasteiger partial charge in [0.2, 0.25) is 0 Å². The minimum Gasteiger partial charge on any atom is -0.302 e. The smallest absolute Gasteiger partial charge is 0.0602 e. The summed E-state index contributed by atoms with van der Waals surface area (Å²) in [6.07, 6.45) is 25.0. The molecule has 2 heteroatoms. The molecule has 2 saturated carbocycles. The summed E-state index contributed by atoms with van der Waals surface area (Å²) in [7, 11) is 0. The van der Waals surface area contributed by atoms with Crippen LogP contribution in [-0.4, -0.2) is 29.7 Å². The normalized spacial score (nSPS) is 20.8. The van der Waals surface area contributed by atoms with Crippen LogP contribution in [0.3, 0.4) is 0 Å². The van der Waals surface area contributed by atoms with Gasteiger partial charge < -0.3 is 5.32 Å². The minimum absolute atomic E-state index is 0.654. The van der Waals surface area contributed by atoms with Crippen molar-refractivity contribution in [1.82, 2.24) is 10.2 Å². The zero-order valence-corrected chi connectivity index (χ0v) is 17.4. The first-order valence-electron chi connectivity index (χ1n) is 11.9. The molecule has 0 aromatic carbocycles. The molecule has 0 aliphatic heterocycles. The van der Waals surface area contributed by atoms with Crippen LogP contribution in [0.5, 0.6) is 0 Å². The van der Waals surface area contributed by atoms with Crippen molar-refractivity contribution in [3.63, 3.8) is 0 Å². The summed E-state index contributed by atoms with van der Waals surface area (Å²) in [6.45, 7) is 5.81. The Labute approximate surface area is 158 Å². The van der Waals surface area contributed by atoms with Gasteiger partial charge in [0.1, 0.15) is 0 Å². The van der Waals surface area contributed by atoms with Crippen molar-refractivity contribution in [2.75, 3.05) is 6.54 Å². The van der Waals surface area contributed by atoms with Gasteiger partial charge in [0.15, 0.2) is 0 Å². The molecule has 2 aliphatic carbocycles. The molecule has 0 bridgehead atoms. The van der Waals surface area contributed by atoms with Crippen molar-refractivity contribution in [3.05, 3.63) is 0 Å². The van der Waals surface area contributed by atoms with Crippen molar-refractivity contribution in [2.45, 2.75) is 141 Å². The molecule has 0 saturated heterocycles. The highest BCUT2D eigenvalue weighted by molar-refractivity contribution is 4.89. The van der Waals surface area contributed by atoms with E-state index >= 15 is 0 Å². The van der Waals surface area contributed by atoms with Crippen molar-refractivity contribution >= 4 is 0 Å². The first-order chi connectivity index (χ1) is 12.4. The predicted molar refractivity (Wildman–Crippen MR) is 111 cm³/mol. The third-order valence-corrected chi connectivity index (χ3v) is 6.56. The second kappa shape index (κ2) is 13.1. The van der Waals surface area contributed by atoms with E-state index in [1.54, 1.807) is 0 Å². The van der Waals surface area contributed by atoms with Crippen LogP contribution in [-0.2, 0) is 0 Å². The van der Waals surface area contributed by atoms with Gasteiger partial charge in [0, 0.05) is 12.1 Å². The molecule has 0 heterocycles. The summed E-state index contributed by atoms with van der Waals surface area (Å²) in [6, 6.07) is 1.75. The molecule has 0 spiro atoms. The Morgan fingerprint density at radius 2 is 1.24 bits per heavy atom. The molecule has 2 fully saturated rings. The average molecular weight is 351 g/mol. The van der Waals surface area contributed by atoms with Crippen LogP contribution in [0.4, 0.5) is 0 Å². The summed E-state index contributed by atoms with van der Waals surface area (Å²) in [5, 5.41) is 3.96. The molecule has 1 unspecified atom stereocenters. The van der Waals surface area contributed by atoms with Gasteiger partial charge in [0.05, 0.1) is 6.17 Å². The molecule has 148 valence electrons. The SMILES string of the molecule is CCCCCCCCCC(NCCC)N(C1CCCC1)C1CCCC1. The van der Waals surface area contributed by atoms with Crippen molar-refractivity contribution in [3.8, 4) is 0 Å². The molecule has 0 aromatic rings. The summed E-state index contributed by atoms with van der Waals surface area (Å²) in [5.74, 6) is 0. The third-order valence-electron chi connectivity index (χ3n) is 6.56. The van der Waals surface area contributed by atoms with E-state index in [2.05, 4.69) is 24.1 Å². The maximum absolute atomic E-state index is 3.96. The molecule has 2 aliphatic rings. The molecule has 25 heavy (non-hydrogen) atoms. The largest absolute Gasteiger partial charge is 0.302 e. The fraction of sp³-hybridized carbons (Fsp3) is 1.00. The number of hydrogen-bond acceptors (Lipinski definition) is 2. The monoisotopic (exact) mass is 350 g/mol. The molecule has 1 atom stereocenters. The van der Waals surface area contributed by atoms with Crippen LogP contribution in [0.25, 0.3) is 0 Å². The van der Waals surface area contributed by atoms with E-state index in [4.69, 9.17) is 0 Å². The lowest BCUT2D eigenvalue weighted by atomic mass is 10.0. The molecular formula is C23H46N2. The molecule has 2 rings (SSSR count). The minimum atomic E-state index is 0.654. The Morgan fingerprint density at radius 1 is 0.720 bits per heavy atom. The van der Waals surface area contributed by atoms with E-state index in [-0.39, 0.29) is 0 Å². The first kappa shape index (κ1) is 21.2. The molecule has 2 nitrogen and oxygen atoms in total. The molecule has 0 radical (unpaired) electrons. The van der Waals surface area contributed by atoms with E-state index in [0.717, 1.165) is 12.1 Å². The summed E-state index contributed by atoms with van der Waals surface area (Å²) >= 11 is 0. The predicted octanol–water partition coefficient (Wildman–Crippen LogP) is 6.64. The van der Waals surface area contributed by atoms with E-state index < -0.39 is 0 Å². The Morgan fingerprint density at radius 3 is 1.76 bits per heavy atom. The molecule has 0 amide bonds. The second-order valence-corrected chi connectivity index (χ2v) is 8.70. The van der Waals surface area contributed by atoms with E-state index in [1.807, 2.05) is 0 Å². The quantitative estimate of drug-likeness (QED) is 0.279. The number of nitrogens with zero attached hydrogens (tertiary/aromatic N) is 1. The highest BCUT2D eigenvalue weighted by atomic mass is 15.3. The lowest BCUT2D eigenvalue weighted by molar-refractivity contribution is 0.0558. The third kappa shape index (κ3) is 7.59. The zero-order chi connectivity index (χ0) is 17.7. The molecular weight excluding hydrogens is 304 g/mol. The van der Waals surface area contributed by atoms with Gasteiger partial charge in [-0.2, -0.15) is 0 Å². The highest BCUT2D eigenvalue weighted by Crippen LogP contribution is 2.33. The lowest BCUT2D eigenvalue weighted by Crippen LogP contribution is -2.54. The second-order valence-electron chi connectivity index (χ2n) is 8.70. The molecule has 0 aromatic heterocycles. The fourth-order valence-corrected chi connectivity index (χ4v) is 5.17. The van der Waals surface area contributed by atoms with Crippen molar-refractivity contribution in [1.29, 1.82) is 0 Å².